The van der Waals surface area contributed by atoms with Gasteiger partial charge in [0.1, 0.15) is 17.6 Å². The molecule has 4 amide bonds. The van der Waals surface area contributed by atoms with Gasteiger partial charge in [0.05, 0.1) is 6.54 Å². The molecule has 0 heterocycles. The average Bonchev–Trinajstić information content (AvgIpc) is 2.79. The molecule has 1 atom stereocenters. The van der Waals surface area contributed by atoms with Crippen LogP contribution in [0.3, 0.4) is 0 Å². The Morgan fingerprint density at radius 1 is 0.971 bits per heavy atom. The Balaban J connectivity index is 1.94. The van der Waals surface area contributed by atoms with Crippen LogP contribution in [0.25, 0.3) is 0 Å². The number of phenols is 1. The van der Waals surface area contributed by atoms with Gasteiger partial charge in [0, 0.05) is 32.9 Å². The molecule has 0 aliphatic carbocycles. The van der Waals surface area contributed by atoms with Crippen LogP contribution in [-0.2, 0) is 32.0 Å². The Kier molecular flexibility index (Phi) is 10.0. The molecular weight excluding hydrogens is 443 g/mol. The van der Waals surface area contributed by atoms with E-state index in [-0.39, 0.29) is 37.5 Å². The molecule has 182 valence electrons. The molecule has 0 saturated heterocycles. The van der Waals surface area contributed by atoms with Crippen molar-refractivity contribution in [1.29, 1.82) is 0 Å². The monoisotopic (exact) mass is 472 g/mol. The van der Waals surface area contributed by atoms with E-state index >= 15 is 0 Å². The molecule has 2 rings (SSSR count). The molecule has 0 radical (unpaired) electrons. The number of amides is 4. The maximum absolute atomic E-state index is 13.2. The number of halogens is 1. The molecule has 0 bridgehead atoms. The van der Waals surface area contributed by atoms with Crippen molar-refractivity contribution in [3.05, 3.63) is 65.5 Å². The summed E-state index contributed by atoms with van der Waals surface area (Å²) in [5, 5.41) is 14.6. The van der Waals surface area contributed by atoms with Gasteiger partial charge in [0.15, 0.2) is 0 Å². The molecule has 0 unspecified atom stereocenters. The summed E-state index contributed by atoms with van der Waals surface area (Å²) >= 11 is 0. The van der Waals surface area contributed by atoms with Gasteiger partial charge in [-0.05, 0) is 41.8 Å². The molecule has 9 nitrogen and oxygen atoms in total. The molecule has 0 fully saturated rings. The molecule has 2 aromatic carbocycles. The van der Waals surface area contributed by atoms with E-state index in [0.29, 0.717) is 18.5 Å². The van der Waals surface area contributed by atoms with Crippen LogP contribution in [0.2, 0.25) is 0 Å². The van der Waals surface area contributed by atoms with Gasteiger partial charge in [0.25, 0.3) is 0 Å². The number of carbonyl (C=O) groups excluding carboxylic acids is 4. The number of nitrogens with two attached hydrogens (primary N) is 1. The fourth-order valence-electron chi connectivity index (χ4n) is 3.18. The lowest BCUT2D eigenvalue weighted by Crippen LogP contribution is -2.50. The van der Waals surface area contributed by atoms with Crippen molar-refractivity contribution in [3.8, 4) is 5.75 Å². The molecule has 34 heavy (non-hydrogen) atoms. The van der Waals surface area contributed by atoms with Crippen LogP contribution in [0, 0.1) is 5.82 Å². The Morgan fingerprint density at radius 2 is 1.59 bits per heavy atom. The molecule has 2 aromatic rings. The molecule has 5 N–H and O–H groups in total. The number of rotatable bonds is 12. The van der Waals surface area contributed by atoms with Crippen LogP contribution in [-0.4, -0.2) is 59.8 Å². The van der Waals surface area contributed by atoms with Gasteiger partial charge in [-0.15, -0.1) is 0 Å². The first kappa shape index (κ1) is 26.3. The van der Waals surface area contributed by atoms with Gasteiger partial charge in [-0.25, -0.2) is 4.39 Å². The highest BCUT2D eigenvalue weighted by Gasteiger charge is 2.25. The Bertz CT molecular complexity index is 995. The Labute approximate surface area is 197 Å². The maximum Gasteiger partial charge on any atom is 0.245 e. The summed E-state index contributed by atoms with van der Waals surface area (Å²) in [6.45, 7) is 0.111. The molecular formula is C24H29FN4O5. The van der Waals surface area contributed by atoms with Crippen LogP contribution in [0.1, 0.15) is 24.0 Å². The van der Waals surface area contributed by atoms with Crippen molar-refractivity contribution < 1.29 is 28.7 Å². The van der Waals surface area contributed by atoms with Gasteiger partial charge in [-0.3, -0.25) is 19.2 Å². The summed E-state index contributed by atoms with van der Waals surface area (Å²) < 4.78 is 13.2. The minimum Gasteiger partial charge on any atom is -0.508 e. The molecule has 0 saturated carbocycles. The second kappa shape index (κ2) is 12.9. The zero-order valence-corrected chi connectivity index (χ0v) is 18.9. The number of benzene rings is 2. The second-order valence-corrected chi connectivity index (χ2v) is 7.88. The largest absolute Gasteiger partial charge is 0.508 e. The zero-order valence-electron chi connectivity index (χ0n) is 18.9. The highest BCUT2D eigenvalue weighted by atomic mass is 19.1. The number of hydrogen-bond acceptors (Lipinski definition) is 5. The van der Waals surface area contributed by atoms with E-state index in [2.05, 4.69) is 10.6 Å². The van der Waals surface area contributed by atoms with Crippen LogP contribution >= 0.6 is 0 Å². The summed E-state index contributed by atoms with van der Waals surface area (Å²) in [6.07, 6.45) is 0.285. The van der Waals surface area contributed by atoms with Crippen molar-refractivity contribution in [2.75, 3.05) is 20.1 Å². The van der Waals surface area contributed by atoms with Crippen molar-refractivity contribution in [2.24, 2.45) is 5.73 Å². The summed E-state index contributed by atoms with van der Waals surface area (Å²) in [7, 11) is 1.44. The number of nitrogens with one attached hydrogen (secondary N) is 2. The van der Waals surface area contributed by atoms with E-state index in [0.717, 1.165) is 5.56 Å². The van der Waals surface area contributed by atoms with Crippen molar-refractivity contribution >= 4 is 23.6 Å². The van der Waals surface area contributed by atoms with E-state index in [4.69, 9.17) is 5.73 Å². The molecule has 0 aliphatic heterocycles. The fourth-order valence-corrected chi connectivity index (χ4v) is 3.18. The number of nitrogens with zero attached hydrogens (tertiary/aromatic N) is 1. The van der Waals surface area contributed by atoms with Crippen LogP contribution in [0.15, 0.2) is 48.5 Å². The summed E-state index contributed by atoms with van der Waals surface area (Å²) in [4.78, 5) is 49.6. The predicted octanol–water partition coefficient (Wildman–Crippen LogP) is 0.641. The van der Waals surface area contributed by atoms with Gasteiger partial charge in [0.2, 0.25) is 23.6 Å². The number of phenolic OH excluding ortho intramolecular Hbond substituents is 1. The lowest BCUT2D eigenvalue weighted by Gasteiger charge is -2.24. The van der Waals surface area contributed by atoms with Gasteiger partial charge >= 0.3 is 0 Å². The first-order chi connectivity index (χ1) is 16.1. The Morgan fingerprint density at radius 3 is 2.21 bits per heavy atom. The Hall–Kier alpha value is -3.95. The lowest BCUT2D eigenvalue weighted by molar-refractivity contribution is -0.138. The number of carbonyl (C=O) groups is 4. The summed E-state index contributed by atoms with van der Waals surface area (Å²) in [6, 6.07) is 11.1. The van der Waals surface area contributed by atoms with E-state index in [1.54, 1.807) is 24.3 Å². The number of likely N-dealkylation sites (N-methyl/N-ethyl adjacent to an activating group) is 1. The first-order valence-corrected chi connectivity index (χ1v) is 10.8. The smallest absolute Gasteiger partial charge is 0.245 e. The van der Waals surface area contributed by atoms with Gasteiger partial charge in [-0.1, -0.05) is 24.3 Å². The number of aromatic hydroxyl groups is 1. The quantitative estimate of drug-likeness (QED) is 0.359. The van der Waals surface area contributed by atoms with Gasteiger partial charge < -0.3 is 26.4 Å². The third-order valence-electron chi connectivity index (χ3n) is 5.01. The number of primary amides is 1. The van der Waals surface area contributed by atoms with Crippen LogP contribution < -0.4 is 16.4 Å². The van der Waals surface area contributed by atoms with E-state index in [9.17, 15) is 28.7 Å². The molecule has 10 heteroatoms. The SMILES string of the molecule is CN(CC(=O)NCCc1ccc(O)cc1)C(=O)[C@@H](Cc1ccc(F)cc1)NC(=O)CCC(N)=O. The van der Waals surface area contributed by atoms with Crippen molar-refractivity contribution in [2.45, 2.75) is 31.7 Å². The van der Waals surface area contributed by atoms with Crippen LogP contribution in [0.4, 0.5) is 4.39 Å². The first-order valence-electron chi connectivity index (χ1n) is 10.8. The normalized spacial score (nSPS) is 11.4. The fraction of sp³-hybridized carbons (Fsp3) is 0.333. The third-order valence-corrected chi connectivity index (χ3v) is 5.01. The standard InChI is InChI=1S/C24H29FN4O5/c1-29(15-23(33)27-13-12-16-4-8-19(30)9-5-16)24(34)20(28-22(32)11-10-21(26)31)14-17-2-6-18(25)7-3-17/h2-9,20,30H,10-15H2,1H3,(H2,26,31)(H,27,33)(H,28,32)/t20-/m1/s1. The minimum atomic E-state index is -1.01. The lowest BCUT2D eigenvalue weighted by atomic mass is 10.0. The van der Waals surface area contributed by atoms with E-state index in [1.807, 2.05) is 0 Å². The van der Waals surface area contributed by atoms with Gasteiger partial charge in [-0.2, -0.15) is 0 Å². The minimum absolute atomic E-state index is 0.0776. The molecule has 0 aromatic heterocycles. The highest BCUT2D eigenvalue weighted by Crippen LogP contribution is 2.10. The second-order valence-electron chi connectivity index (χ2n) is 7.88. The maximum atomic E-state index is 13.2. The topological polar surface area (TPSA) is 142 Å². The molecule has 0 aliphatic rings. The zero-order chi connectivity index (χ0) is 25.1. The van der Waals surface area contributed by atoms with Crippen molar-refractivity contribution in [1.82, 2.24) is 15.5 Å². The summed E-state index contributed by atoms with van der Waals surface area (Å²) in [5.74, 6) is -2.34. The van der Waals surface area contributed by atoms with Crippen molar-refractivity contribution in [3.63, 3.8) is 0 Å². The van der Waals surface area contributed by atoms with E-state index in [1.165, 1.54) is 36.2 Å². The number of hydrogen-bond donors (Lipinski definition) is 4. The van der Waals surface area contributed by atoms with Crippen LogP contribution in [0.5, 0.6) is 5.75 Å². The average molecular weight is 473 g/mol. The van der Waals surface area contributed by atoms with E-state index < -0.39 is 29.6 Å². The third kappa shape index (κ3) is 9.27. The highest BCUT2D eigenvalue weighted by molar-refractivity contribution is 5.91. The molecule has 0 spiro atoms. The predicted molar refractivity (Wildman–Crippen MR) is 123 cm³/mol. The summed E-state index contributed by atoms with van der Waals surface area (Å²) in [5.41, 5.74) is 6.61.